The Morgan fingerprint density at radius 3 is 2.41 bits per heavy atom. The van der Waals surface area contributed by atoms with Crippen molar-refractivity contribution in [2.75, 3.05) is 5.88 Å². The number of ether oxygens (including phenoxy) is 1. The zero-order valence-electron chi connectivity index (χ0n) is 15.2. The zero-order valence-corrected chi connectivity index (χ0v) is 17.0. The molecule has 0 unspecified atom stereocenters. The third kappa shape index (κ3) is 4.47. The summed E-state index contributed by atoms with van der Waals surface area (Å²) in [5.41, 5.74) is -0.102. The number of nitriles is 1. The van der Waals surface area contributed by atoms with Crippen LogP contribution in [0, 0.1) is 16.7 Å². The Morgan fingerprint density at radius 1 is 1.36 bits per heavy atom. The van der Waals surface area contributed by atoms with Crippen LogP contribution in [0.5, 0.6) is 0 Å². The molecule has 3 nitrogen and oxygen atoms in total. The fraction of sp³-hybridized carbons (Fsp3) is 0.941. The molecule has 22 heavy (non-hydrogen) atoms. The Kier molecular flexibility index (Phi) is 6.54. The van der Waals surface area contributed by atoms with Gasteiger partial charge in [0.1, 0.15) is 6.10 Å². The number of alkyl halides is 1. The summed E-state index contributed by atoms with van der Waals surface area (Å²) < 4.78 is 12.7. The van der Waals surface area contributed by atoms with Gasteiger partial charge < -0.3 is 9.16 Å². The van der Waals surface area contributed by atoms with Crippen LogP contribution >= 0.6 is 11.6 Å². The van der Waals surface area contributed by atoms with E-state index in [-0.39, 0.29) is 28.8 Å². The summed E-state index contributed by atoms with van der Waals surface area (Å²) >= 11 is 5.84. The molecule has 0 aromatic heterocycles. The first kappa shape index (κ1) is 20.0. The van der Waals surface area contributed by atoms with Gasteiger partial charge >= 0.3 is 0 Å². The molecular weight excluding hydrogens is 314 g/mol. The summed E-state index contributed by atoms with van der Waals surface area (Å²) in [6.45, 7) is 15.7. The van der Waals surface area contributed by atoms with Crippen LogP contribution in [-0.2, 0) is 9.16 Å². The van der Waals surface area contributed by atoms with Crippen LogP contribution in [0.3, 0.4) is 0 Å². The molecule has 1 aliphatic rings. The van der Waals surface area contributed by atoms with E-state index < -0.39 is 8.32 Å². The Bertz CT molecular complexity index is 412. The topological polar surface area (TPSA) is 42.2 Å². The average Bonchev–Trinajstić information content (AvgIpc) is 2.38. The smallest absolute Gasteiger partial charge is 0.192 e. The Labute approximate surface area is 142 Å². The third-order valence-corrected chi connectivity index (χ3v) is 10.2. The van der Waals surface area contributed by atoms with Gasteiger partial charge in [-0.15, -0.1) is 11.6 Å². The van der Waals surface area contributed by atoms with Gasteiger partial charge in [-0.2, -0.15) is 5.26 Å². The van der Waals surface area contributed by atoms with Gasteiger partial charge in [0.2, 0.25) is 0 Å². The van der Waals surface area contributed by atoms with Crippen LogP contribution in [0.15, 0.2) is 0 Å². The van der Waals surface area contributed by atoms with Gasteiger partial charge in [0.05, 0.1) is 18.3 Å². The molecule has 0 saturated carbocycles. The van der Waals surface area contributed by atoms with Gasteiger partial charge in [0.15, 0.2) is 8.32 Å². The quantitative estimate of drug-likeness (QED) is 0.514. The van der Waals surface area contributed by atoms with Crippen LogP contribution in [0.2, 0.25) is 18.1 Å². The van der Waals surface area contributed by atoms with E-state index in [2.05, 4.69) is 53.8 Å². The molecule has 0 N–H and O–H groups in total. The van der Waals surface area contributed by atoms with Gasteiger partial charge in [0, 0.05) is 17.7 Å². The standard InChI is InChI=1S/C17H32ClNO2Si/c1-16(2,3)22(6,7)21-15-11-13(12-19)20-14(9-8-10-18)17(15,4)5/h13-15H,8-11H2,1-7H3/t13-,14+,15+/m0/s1. The third-order valence-electron chi connectivity index (χ3n) is 5.40. The fourth-order valence-electron chi connectivity index (χ4n) is 2.65. The van der Waals surface area contributed by atoms with Crippen LogP contribution < -0.4 is 0 Å². The van der Waals surface area contributed by atoms with Crippen molar-refractivity contribution < 1.29 is 9.16 Å². The molecule has 0 aromatic carbocycles. The molecule has 0 bridgehead atoms. The van der Waals surface area contributed by atoms with Gasteiger partial charge in [-0.05, 0) is 31.0 Å². The Hall–Kier alpha value is -0.0831. The molecule has 1 aliphatic heterocycles. The van der Waals surface area contributed by atoms with Gasteiger partial charge in [-0.1, -0.05) is 34.6 Å². The lowest BCUT2D eigenvalue weighted by Gasteiger charge is -2.50. The molecule has 0 amide bonds. The lowest BCUT2D eigenvalue weighted by Crippen LogP contribution is -2.56. The Balaban J connectivity index is 2.97. The minimum atomic E-state index is -1.88. The average molecular weight is 346 g/mol. The molecule has 3 atom stereocenters. The highest BCUT2D eigenvalue weighted by molar-refractivity contribution is 6.74. The summed E-state index contributed by atoms with van der Waals surface area (Å²) in [6, 6.07) is 2.28. The second-order valence-corrected chi connectivity index (χ2v) is 13.6. The number of nitrogens with zero attached hydrogens (tertiary/aromatic N) is 1. The van der Waals surface area contributed by atoms with Gasteiger partial charge in [0.25, 0.3) is 0 Å². The lowest BCUT2D eigenvalue weighted by molar-refractivity contribution is -0.154. The van der Waals surface area contributed by atoms with E-state index in [9.17, 15) is 5.26 Å². The van der Waals surface area contributed by atoms with E-state index in [0.717, 1.165) is 12.8 Å². The van der Waals surface area contributed by atoms with E-state index in [1.807, 2.05) is 0 Å². The van der Waals surface area contributed by atoms with Crippen LogP contribution in [-0.4, -0.2) is 32.5 Å². The van der Waals surface area contributed by atoms with Crippen LogP contribution in [0.25, 0.3) is 0 Å². The summed E-state index contributed by atoms with van der Waals surface area (Å²) in [5.74, 6) is 0.626. The van der Waals surface area contributed by atoms with Crippen molar-refractivity contribution in [3.05, 3.63) is 0 Å². The fourth-order valence-corrected chi connectivity index (χ4v) is 4.27. The minimum Gasteiger partial charge on any atom is -0.413 e. The second kappa shape index (κ2) is 7.21. The van der Waals surface area contributed by atoms with E-state index in [1.54, 1.807) is 0 Å². The molecule has 1 heterocycles. The van der Waals surface area contributed by atoms with Crippen molar-refractivity contribution in [2.24, 2.45) is 5.41 Å². The SMILES string of the molecule is CC1(C)[C@@H](CCCCl)O[C@H](C#N)C[C@H]1O[Si](C)(C)C(C)(C)C. The number of rotatable bonds is 5. The lowest BCUT2D eigenvalue weighted by atomic mass is 9.75. The van der Waals surface area contributed by atoms with E-state index >= 15 is 0 Å². The van der Waals surface area contributed by atoms with Gasteiger partial charge in [-0.25, -0.2) is 0 Å². The maximum absolute atomic E-state index is 9.34. The highest BCUT2D eigenvalue weighted by Crippen LogP contribution is 2.45. The van der Waals surface area contributed by atoms with Crippen molar-refractivity contribution >= 4 is 19.9 Å². The molecule has 0 aromatic rings. The molecule has 0 radical (unpaired) electrons. The molecule has 1 fully saturated rings. The number of halogens is 1. The van der Waals surface area contributed by atoms with Crippen LogP contribution in [0.4, 0.5) is 0 Å². The predicted octanol–water partition coefficient (Wildman–Crippen LogP) is 5.10. The molecule has 128 valence electrons. The maximum Gasteiger partial charge on any atom is 0.192 e. The number of hydrogen-bond donors (Lipinski definition) is 0. The Morgan fingerprint density at radius 2 is 1.95 bits per heavy atom. The second-order valence-electron chi connectivity index (χ2n) is 8.50. The summed E-state index contributed by atoms with van der Waals surface area (Å²) in [5, 5.41) is 9.50. The zero-order chi connectivity index (χ0) is 17.2. The van der Waals surface area contributed by atoms with E-state index in [4.69, 9.17) is 20.8 Å². The summed E-state index contributed by atoms with van der Waals surface area (Å²) in [4.78, 5) is 0. The first-order valence-corrected chi connectivity index (χ1v) is 11.7. The molecule has 1 rings (SSSR count). The molecule has 1 saturated heterocycles. The van der Waals surface area contributed by atoms with E-state index in [0.29, 0.717) is 12.3 Å². The summed E-state index contributed by atoms with van der Waals surface area (Å²) in [6.07, 6.45) is 2.16. The molecule has 5 heteroatoms. The minimum absolute atomic E-state index is 0.0272. The highest BCUT2D eigenvalue weighted by atomic mass is 35.5. The highest BCUT2D eigenvalue weighted by Gasteiger charge is 2.49. The molecule has 0 spiro atoms. The van der Waals surface area contributed by atoms with Crippen molar-refractivity contribution in [2.45, 2.75) is 90.3 Å². The first-order valence-electron chi connectivity index (χ1n) is 8.24. The van der Waals surface area contributed by atoms with E-state index in [1.165, 1.54) is 0 Å². The summed E-state index contributed by atoms with van der Waals surface area (Å²) in [7, 11) is -1.88. The normalized spacial score (nSPS) is 29.1. The van der Waals surface area contributed by atoms with Crippen molar-refractivity contribution in [1.82, 2.24) is 0 Å². The first-order chi connectivity index (χ1) is 9.95. The van der Waals surface area contributed by atoms with Gasteiger partial charge in [-0.3, -0.25) is 0 Å². The van der Waals surface area contributed by atoms with Crippen LogP contribution in [0.1, 0.15) is 53.9 Å². The van der Waals surface area contributed by atoms with Crippen molar-refractivity contribution in [3.63, 3.8) is 0 Å². The largest absolute Gasteiger partial charge is 0.413 e. The number of hydrogen-bond acceptors (Lipinski definition) is 3. The monoisotopic (exact) mass is 345 g/mol. The maximum atomic E-state index is 9.34. The predicted molar refractivity (Wildman–Crippen MR) is 94.7 cm³/mol. The molecular formula is C17H32ClNO2Si. The molecule has 0 aliphatic carbocycles. The van der Waals surface area contributed by atoms with Crippen molar-refractivity contribution in [3.8, 4) is 6.07 Å². The van der Waals surface area contributed by atoms with Crippen molar-refractivity contribution in [1.29, 1.82) is 5.26 Å².